The van der Waals surface area contributed by atoms with Gasteiger partial charge >= 0.3 is 0 Å². The molecule has 2 saturated heterocycles. The van der Waals surface area contributed by atoms with Gasteiger partial charge in [-0.25, -0.2) is 4.99 Å². The Morgan fingerprint density at radius 1 is 1.09 bits per heavy atom. The van der Waals surface area contributed by atoms with E-state index >= 15 is 0 Å². The van der Waals surface area contributed by atoms with E-state index in [1.807, 2.05) is 54.6 Å². The van der Waals surface area contributed by atoms with E-state index in [1.165, 1.54) is 11.8 Å². The van der Waals surface area contributed by atoms with Crippen LogP contribution >= 0.6 is 40.1 Å². The van der Waals surface area contributed by atoms with Gasteiger partial charge < -0.3 is 9.47 Å². The van der Waals surface area contributed by atoms with Crippen LogP contribution in [0.25, 0.3) is 6.08 Å². The molecule has 0 unspecified atom stereocenters. The number of methoxy groups -OCH3 is 1. The first-order valence-corrected chi connectivity index (χ1v) is 12.2. The third kappa shape index (κ3) is 7.07. The van der Waals surface area contributed by atoms with Crippen LogP contribution in [0.4, 0.5) is 5.69 Å². The molecule has 0 radical (unpaired) electrons. The van der Waals surface area contributed by atoms with Gasteiger partial charge in [-0.05, 0) is 66.2 Å². The van der Waals surface area contributed by atoms with Crippen molar-refractivity contribution < 1.29 is 14.3 Å². The number of ether oxygens (including phenoxy) is 2. The summed E-state index contributed by atoms with van der Waals surface area (Å²) in [5, 5.41) is 0.713. The van der Waals surface area contributed by atoms with Crippen molar-refractivity contribution in [1.82, 2.24) is 9.80 Å². The number of aliphatic imine (C=N–C) groups is 1. The molecule has 0 aliphatic carbocycles. The molecule has 0 N–H and O–H groups in total. The van der Waals surface area contributed by atoms with Gasteiger partial charge in [0.2, 0.25) is 0 Å². The lowest BCUT2D eigenvalue weighted by atomic mass is 10.2. The fourth-order valence-corrected chi connectivity index (χ4v) is 4.83. The highest BCUT2D eigenvalue weighted by atomic mass is 79.9. The molecule has 1 amide bonds. The third-order valence-corrected chi connectivity index (χ3v) is 6.85. The Kier molecular flexibility index (Phi) is 9.82. The van der Waals surface area contributed by atoms with Gasteiger partial charge in [0.25, 0.3) is 5.91 Å². The number of amidine groups is 1. The summed E-state index contributed by atoms with van der Waals surface area (Å²) in [6, 6.07) is 15.5. The molecule has 4 rings (SSSR count). The fourth-order valence-electron chi connectivity index (χ4n) is 3.54. The number of thioether (sulfide) groups is 1. The second-order valence-corrected chi connectivity index (χ2v) is 9.44. The third-order valence-electron chi connectivity index (χ3n) is 5.31. The molecule has 33 heavy (non-hydrogen) atoms. The van der Waals surface area contributed by atoms with Crippen molar-refractivity contribution in [3.8, 4) is 5.75 Å². The Hall–Kier alpha value is -1.84. The van der Waals surface area contributed by atoms with Gasteiger partial charge in [-0.15, -0.1) is 12.4 Å². The van der Waals surface area contributed by atoms with Crippen LogP contribution in [0.3, 0.4) is 0 Å². The van der Waals surface area contributed by atoms with Gasteiger partial charge in [0.1, 0.15) is 5.75 Å². The van der Waals surface area contributed by atoms with Crippen LogP contribution in [0.5, 0.6) is 5.75 Å². The quantitative estimate of drug-likeness (QED) is 0.442. The summed E-state index contributed by atoms with van der Waals surface area (Å²) in [7, 11) is 1.64. The Morgan fingerprint density at radius 3 is 2.45 bits per heavy atom. The van der Waals surface area contributed by atoms with Gasteiger partial charge in [0, 0.05) is 30.7 Å². The zero-order valence-electron chi connectivity index (χ0n) is 18.4. The first kappa shape index (κ1) is 25.8. The minimum atomic E-state index is 0. The predicted octanol–water partition coefficient (Wildman–Crippen LogP) is 5.21. The zero-order valence-corrected chi connectivity index (χ0v) is 21.6. The van der Waals surface area contributed by atoms with E-state index in [0.29, 0.717) is 16.6 Å². The van der Waals surface area contributed by atoms with Crippen molar-refractivity contribution in [2.45, 2.75) is 6.42 Å². The summed E-state index contributed by atoms with van der Waals surface area (Å²) in [6.45, 7) is 5.04. The molecular weight excluding hydrogens is 526 g/mol. The van der Waals surface area contributed by atoms with Gasteiger partial charge in [-0.1, -0.05) is 28.1 Å². The Balaban J connectivity index is 0.00000306. The summed E-state index contributed by atoms with van der Waals surface area (Å²) in [5.74, 6) is 0.787. The van der Waals surface area contributed by atoms with Crippen molar-refractivity contribution in [2.24, 2.45) is 4.99 Å². The number of hydrogen-bond donors (Lipinski definition) is 0. The average Bonchev–Trinajstić information content (AvgIpc) is 3.10. The van der Waals surface area contributed by atoms with Crippen LogP contribution in [0, 0.1) is 0 Å². The topological polar surface area (TPSA) is 54.4 Å². The smallest absolute Gasteiger partial charge is 0.266 e. The molecule has 9 heteroatoms. The molecule has 0 atom stereocenters. The van der Waals surface area contributed by atoms with Crippen LogP contribution in [0.2, 0.25) is 0 Å². The van der Waals surface area contributed by atoms with E-state index in [9.17, 15) is 4.79 Å². The maximum absolute atomic E-state index is 13.3. The minimum Gasteiger partial charge on any atom is -0.497 e. The molecule has 2 aromatic carbocycles. The molecule has 0 spiro atoms. The van der Waals surface area contributed by atoms with Crippen molar-refractivity contribution in [3.05, 3.63) is 63.5 Å². The molecule has 0 bridgehead atoms. The van der Waals surface area contributed by atoms with Gasteiger partial charge in [0.15, 0.2) is 5.17 Å². The summed E-state index contributed by atoms with van der Waals surface area (Å²) in [6.07, 6.45) is 2.82. The highest BCUT2D eigenvalue weighted by Gasteiger charge is 2.33. The molecule has 2 aliphatic rings. The lowest BCUT2D eigenvalue weighted by Crippen LogP contribution is -2.38. The number of hydrogen-bond acceptors (Lipinski definition) is 6. The summed E-state index contributed by atoms with van der Waals surface area (Å²) in [4.78, 5) is 22.9. The maximum Gasteiger partial charge on any atom is 0.266 e. The maximum atomic E-state index is 13.3. The van der Waals surface area contributed by atoms with E-state index in [2.05, 4.69) is 20.8 Å². The van der Waals surface area contributed by atoms with Gasteiger partial charge in [0.05, 0.1) is 30.9 Å². The molecule has 0 aromatic heterocycles. The van der Waals surface area contributed by atoms with Gasteiger partial charge in [-0.3, -0.25) is 14.6 Å². The number of rotatable bonds is 7. The SMILES string of the molecule is COc1ccc(N=C2S/C(=C\c3ccc(Br)cc3)C(=O)N2CCCN2CCOCC2)cc1.Cl. The zero-order chi connectivity index (χ0) is 22.3. The highest BCUT2D eigenvalue weighted by Crippen LogP contribution is 2.34. The molecular formula is C24H27BrClN3O3S. The molecule has 2 aromatic rings. The first-order valence-electron chi connectivity index (χ1n) is 10.6. The van der Waals surface area contributed by atoms with Crippen LogP contribution in [0.15, 0.2) is 62.9 Å². The first-order chi connectivity index (χ1) is 15.6. The number of carbonyl (C=O) groups is 1. The fraction of sp³-hybridized carbons (Fsp3) is 0.333. The summed E-state index contributed by atoms with van der Waals surface area (Å²) >= 11 is 4.88. The Bertz CT molecular complexity index is 993. The Labute approximate surface area is 213 Å². The highest BCUT2D eigenvalue weighted by molar-refractivity contribution is 9.10. The standard InChI is InChI=1S/C24H26BrN3O3S.ClH/c1-30-21-9-7-20(8-10-21)26-24-28(12-2-11-27-13-15-31-16-14-27)23(29)22(32-24)17-18-3-5-19(25)6-4-18;/h3-10,17H,2,11-16H2,1H3;1H/b22-17-,26-24?;. The summed E-state index contributed by atoms with van der Waals surface area (Å²) in [5.41, 5.74) is 1.78. The number of amides is 1. The van der Waals surface area contributed by atoms with E-state index in [1.54, 1.807) is 12.0 Å². The van der Waals surface area contributed by atoms with Crippen LogP contribution in [-0.4, -0.2) is 67.4 Å². The second-order valence-electron chi connectivity index (χ2n) is 7.52. The predicted molar refractivity (Wildman–Crippen MR) is 141 cm³/mol. The number of morpholine rings is 1. The number of carbonyl (C=O) groups excluding carboxylic acids is 1. The lowest BCUT2D eigenvalue weighted by molar-refractivity contribution is -0.122. The minimum absolute atomic E-state index is 0. The van der Waals surface area contributed by atoms with E-state index in [4.69, 9.17) is 14.5 Å². The van der Waals surface area contributed by atoms with E-state index in [0.717, 1.165) is 60.7 Å². The largest absolute Gasteiger partial charge is 0.497 e. The van der Waals surface area contributed by atoms with E-state index < -0.39 is 0 Å². The second kappa shape index (κ2) is 12.6. The van der Waals surface area contributed by atoms with Crippen molar-refractivity contribution in [2.75, 3.05) is 46.5 Å². The van der Waals surface area contributed by atoms with Crippen molar-refractivity contribution in [3.63, 3.8) is 0 Å². The molecule has 6 nitrogen and oxygen atoms in total. The lowest BCUT2D eigenvalue weighted by Gasteiger charge is -2.27. The van der Waals surface area contributed by atoms with Crippen LogP contribution in [0.1, 0.15) is 12.0 Å². The molecule has 2 heterocycles. The number of halogens is 2. The van der Waals surface area contributed by atoms with E-state index in [-0.39, 0.29) is 18.3 Å². The average molecular weight is 553 g/mol. The van der Waals surface area contributed by atoms with Crippen LogP contribution < -0.4 is 4.74 Å². The molecule has 0 saturated carbocycles. The van der Waals surface area contributed by atoms with Crippen LogP contribution in [-0.2, 0) is 9.53 Å². The van der Waals surface area contributed by atoms with Crippen molar-refractivity contribution >= 4 is 62.9 Å². The monoisotopic (exact) mass is 551 g/mol. The number of benzene rings is 2. The molecule has 2 fully saturated rings. The van der Waals surface area contributed by atoms with Crippen molar-refractivity contribution in [1.29, 1.82) is 0 Å². The Morgan fingerprint density at radius 2 is 1.79 bits per heavy atom. The summed E-state index contributed by atoms with van der Waals surface area (Å²) < 4.78 is 11.7. The van der Waals surface area contributed by atoms with Gasteiger partial charge in [-0.2, -0.15) is 0 Å². The number of nitrogens with zero attached hydrogens (tertiary/aromatic N) is 3. The molecule has 176 valence electrons. The normalized spacial score (nSPS) is 19.2. The molecule has 2 aliphatic heterocycles.